The highest BCUT2D eigenvalue weighted by molar-refractivity contribution is 8.03. The van der Waals surface area contributed by atoms with E-state index >= 15 is 0 Å². The number of aromatic nitrogens is 1. The van der Waals surface area contributed by atoms with E-state index in [0.717, 1.165) is 21.6 Å². The summed E-state index contributed by atoms with van der Waals surface area (Å²) in [5, 5.41) is 8.85. The summed E-state index contributed by atoms with van der Waals surface area (Å²) in [6.45, 7) is 3.87. The van der Waals surface area contributed by atoms with E-state index in [1.54, 1.807) is 18.7 Å². The molecular formula is C9H13NO2S3. The summed E-state index contributed by atoms with van der Waals surface area (Å²) < 4.78 is 0.863. The van der Waals surface area contributed by atoms with Gasteiger partial charge >= 0.3 is 5.97 Å². The van der Waals surface area contributed by atoms with Gasteiger partial charge in [0.05, 0.1) is 5.69 Å². The van der Waals surface area contributed by atoms with Gasteiger partial charge in [-0.15, -0.1) is 11.3 Å². The van der Waals surface area contributed by atoms with Gasteiger partial charge in [-0.3, -0.25) is 0 Å². The molecule has 0 radical (unpaired) electrons. The molecule has 0 amide bonds. The number of thioether (sulfide) groups is 2. The Kier molecular flexibility index (Phi) is 5.49. The Bertz CT molecular complexity index is 338. The van der Waals surface area contributed by atoms with Crippen LogP contribution in [0, 0.1) is 6.92 Å². The van der Waals surface area contributed by atoms with E-state index in [1.165, 1.54) is 11.3 Å². The van der Waals surface area contributed by atoms with Crippen molar-refractivity contribution in [3.05, 3.63) is 10.6 Å². The Labute approximate surface area is 102 Å². The number of rotatable bonds is 6. The van der Waals surface area contributed by atoms with Gasteiger partial charge in [-0.1, -0.05) is 18.7 Å². The first-order chi connectivity index (χ1) is 7.15. The van der Waals surface area contributed by atoms with Crippen LogP contribution in [0.5, 0.6) is 0 Å². The first-order valence-corrected chi connectivity index (χ1v) is 7.52. The van der Waals surface area contributed by atoms with Crippen LogP contribution >= 0.6 is 34.9 Å². The normalized spacial score (nSPS) is 10.5. The molecule has 0 spiro atoms. The summed E-state index contributed by atoms with van der Waals surface area (Å²) in [6.07, 6.45) is 0. The highest BCUT2D eigenvalue weighted by Crippen LogP contribution is 2.27. The van der Waals surface area contributed by atoms with Gasteiger partial charge in [0.2, 0.25) is 0 Å². The van der Waals surface area contributed by atoms with Gasteiger partial charge in [0.15, 0.2) is 4.34 Å². The Hall–Kier alpha value is -0.200. The molecule has 1 rings (SSSR count). The zero-order valence-electron chi connectivity index (χ0n) is 8.65. The van der Waals surface area contributed by atoms with Crippen LogP contribution in [0.2, 0.25) is 0 Å². The summed E-state index contributed by atoms with van der Waals surface area (Å²) in [6, 6.07) is 0. The average Bonchev–Trinajstić information content (AvgIpc) is 2.55. The molecule has 0 saturated heterocycles. The molecule has 0 fully saturated rings. The minimum atomic E-state index is -0.875. The van der Waals surface area contributed by atoms with E-state index in [1.807, 2.05) is 11.8 Å². The molecule has 0 aromatic carbocycles. The van der Waals surface area contributed by atoms with E-state index in [9.17, 15) is 4.79 Å². The van der Waals surface area contributed by atoms with Crippen molar-refractivity contribution in [2.24, 2.45) is 0 Å². The molecule has 15 heavy (non-hydrogen) atoms. The zero-order chi connectivity index (χ0) is 11.3. The van der Waals surface area contributed by atoms with Crippen LogP contribution in [0.4, 0.5) is 0 Å². The van der Waals surface area contributed by atoms with E-state index in [2.05, 4.69) is 11.9 Å². The summed E-state index contributed by atoms with van der Waals surface area (Å²) in [5.74, 6) is 2.32. The third-order valence-corrected chi connectivity index (χ3v) is 5.08. The highest BCUT2D eigenvalue weighted by atomic mass is 32.2. The number of carboxylic acid groups (broad SMARTS) is 1. The quantitative estimate of drug-likeness (QED) is 0.631. The van der Waals surface area contributed by atoms with Crippen molar-refractivity contribution in [1.82, 2.24) is 4.98 Å². The molecule has 0 atom stereocenters. The maximum Gasteiger partial charge on any atom is 0.347 e. The Morgan fingerprint density at radius 2 is 2.27 bits per heavy atom. The number of carboxylic acids is 1. The van der Waals surface area contributed by atoms with Gasteiger partial charge in [-0.2, -0.15) is 11.8 Å². The molecular weight excluding hydrogens is 250 g/mol. The maximum atomic E-state index is 10.8. The van der Waals surface area contributed by atoms with E-state index in [-0.39, 0.29) is 0 Å². The minimum absolute atomic E-state index is 0.362. The largest absolute Gasteiger partial charge is 0.477 e. The van der Waals surface area contributed by atoms with Gasteiger partial charge in [0.1, 0.15) is 4.88 Å². The van der Waals surface area contributed by atoms with Crippen molar-refractivity contribution >= 4 is 40.8 Å². The SMILES string of the molecule is CCSCCSc1nc(C)c(C(=O)O)s1. The summed E-state index contributed by atoms with van der Waals surface area (Å²) in [4.78, 5) is 15.4. The number of aryl methyl sites for hydroxylation is 1. The summed E-state index contributed by atoms with van der Waals surface area (Å²) >= 11 is 4.79. The van der Waals surface area contributed by atoms with E-state index < -0.39 is 5.97 Å². The molecule has 1 aromatic heterocycles. The van der Waals surface area contributed by atoms with Crippen LogP contribution in [-0.2, 0) is 0 Å². The van der Waals surface area contributed by atoms with Crippen LogP contribution in [0.1, 0.15) is 22.3 Å². The smallest absolute Gasteiger partial charge is 0.347 e. The van der Waals surface area contributed by atoms with Gasteiger partial charge in [-0.05, 0) is 12.7 Å². The number of thiazole rings is 1. The lowest BCUT2D eigenvalue weighted by atomic mass is 10.4. The lowest BCUT2D eigenvalue weighted by Gasteiger charge is -1.95. The Morgan fingerprint density at radius 3 is 2.80 bits per heavy atom. The molecule has 0 unspecified atom stereocenters. The number of hydrogen-bond acceptors (Lipinski definition) is 5. The predicted molar refractivity (Wildman–Crippen MR) is 67.5 cm³/mol. The summed E-state index contributed by atoms with van der Waals surface area (Å²) in [7, 11) is 0. The number of nitrogens with zero attached hydrogens (tertiary/aromatic N) is 1. The molecule has 1 N–H and O–H groups in total. The van der Waals surface area contributed by atoms with Crippen molar-refractivity contribution in [3.8, 4) is 0 Å². The maximum absolute atomic E-state index is 10.8. The van der Waals surface area contributed by atoms with E-state index in [0.29, 0.717) is 10.6 Å². The van der Waals surface area contributed by atoms with Crippen molar-refractivity contribution < 1.29 is 9.90 Å². The molecule has 1 aromatic rings. The minimum Gasteiger partial charge on any atom is -0.477 e. The van der Waals surface area contributed by atoms with Crippen LogP contribution in [0.3, 0.4) is 0 Å². The number of aromatic carboxylic acids is 1. The monoisotopic (exact) mass is 263 g/mol. The van der Waals surface area contributed by atoms with Gasteiger partial charge in [0, 0.05) is 11.5 Å². The molecule has 1 heterocycles. The fourth-order valence-electron chi connectivity index (χ4n) is 0.964. The molecule has 3 nitrogen and oxygen atoms in total. The topological polar surface area (TPSA) is 50.2 Å². The molecule has 84 valence electrons. The van der Waals surface area contributed by atoms with Crippen molar-refractivity contribution in [2.75, 3.05) is 17.3 Å². The highest BCUT2D eigenvalue weighted by Gasteiger charge is 2.13. The molecule has 6 heteroatoms. The van der Waals surface area contributed by atoms with Crippen molar-refractivity contribution in [1.29, 1.82) is 0 Å². The van der Waals surface area contributed by atoms with Gasteiger partial charge in [-0.25, -0.2) is 9.78 Å². The second-order valence-corrected chi connectivity index (χ2v) is 6.48. The summed E-state index contributed by atoms with van der Waals surface area (Å²) in [5.41, 5.74) is 0.623. The van der Waals surface area contributed by atoms with Crippen molar-refractivity contribution in [3.63, 3.8) is 0 Å². The third-order valence-electron chi connectivity index (χ3n) is 1.63. The van der Waals surface area contributed by atoms with Crippen LogP contribution < -0.4 is 0 Å². The molecule has 0 aliphatic carbocycles. The first-order valence-electron chi connectivity index (χ1n) is 4.56. The van der Waals surface area contributed by atoms with Crippen molar-refractivity contribution in [2.45, 2.75) is 18.2 Å². The number of carbonyl (C=O) groups is 1. The number of hydrogen-bond donors (Lipinski definition) is 1. The predicted octanol–water partition coefficient (Wildman–Crippen LogP) is 2.99. The molecule has 0 aliphatic heterocycles. The second kappa shape index (κ2) is 6.40. The Morgan fingerprint density at radius 1 is 1.53 bits per heavy atom. The standard InChI is InChI=1S/C9H13NO2S3/c1-3-13-4-5-14-9-10-6(2)7(15-9)8(11)12/h3-5H2,1-2H3,(H,11,12). The van der Waals surface area contributed by atoms with Crippen LogP contribution in [-0.4, -0.2) is 33.3 Å². The second-order valence-electron chi connectivity index (χ2n) is 2.74. The van der Waals surface area contributed by atoms with E-state index in [4.69, 9.17) is 5.11 Å². The third kappa shape index (κ3) is 4.04. The average molecular weight is 263 g/mol. The zero-order valence-corrected chi connectivity index (χ0v) is 11.1. The fraction of sp³-hybridized carbons (Fsp3) is 0.556. The molecule has 0 saturated carbocycles. The fourth-order valence-corrected chi connectivity index (χ4v) is 3.81. The molecule has 0 bridgehead atoms. The lowest BCUT2D eigenvalue weighted by molar-refractivity contribution is 0.0701. The first kappa shape index (κ1) is 12.9. The molecule has 0 aliphatic rings. The lowest BCUT2D eigenvalue weighted by Crippen LogP contribution is -1.94. The van der Waals surface area contributed by atoms with Crippen LogP contribution in [0.25, 0.3) is 0 Å². The van der Waals surface area contributed by atoms with Gasteiger partial charge < -0.3 is 5.11 Å². The Balaban J connectivity index is 2.48. The van der Waals surface area contributed by atoms with Gasteiger partial charge in [0.25, 0.3) is 0 Å². The van der Waals surface area contributed by atoms with Crippen LogP contribution in [0.15, 0.2) is 4.34 Å².